The molecule has 0 aliphatic carbocycles. The first kappa shape index (κ1) is 18.5. The van der Waals surface area contributed by atoms with Crippen LogP contribution >= 0.6 is 15.9 Å². The molecule has 1 aromatic rings. The van der Waals surface area contributed by atoms with Crippen molar-refractivity contribution in [3.63, 3.8) is 0 Å². The van der Waals surface area contributed by atoms with Gasteiger partial charge in [-0.25, -0.2) is 4.79 Å². The molecular formula is C17H23BBrNO5. The largest absolute Gasteiger partial charge is 0.499 e. The van der Waals surface area contributed by atoms with Gasteiger partial charge in [0.25, 0.3) is 0 Å². The second kappa shape index (κ2) is 6.18. The summed E-state index contributed by atoms with van der Waals surface area (Å²) in [7, 11) is -0.569. The van der Waals surface area contributed by atoms with E-state index in [1.807, 2.05) is 46.8 Å². The molecule has 1 atom stereocenters. The number of hydrogen-bond donors (Lipinski definition) is 1. The van der Waals surface area contributed by atoms with Crippen LogP contribution in [0.5, 0.6) is 5.75 Å². The smallest absolute Gasteiger partial charge is 0.491 e. The van der Waals surface area contributed by atoms with Gasteiger partial charge in [-0.2, -0.15) is 0 Å². The molecule has 136 valence electrons. The standard InChI is InChI=1S/C17H23BBrNO5/c1-16(2,3)20(15(21)22)8-12-13-10(19)6-7-11-14(13)18(24-12)25-17(4,5)9-23-11/h6-7,12H,8-9H2,1-5H3,(H,21,22)/t12-/m1/s1. The zero-order valence-corrected chi connectivity index (χ0v) is 16.7. The van der Waals surface area contributed by atoms with Crippen molar-refractivity contribution in [1.29, 1.82) is 0 Å². The number of benzene rings is 1. The van der Waals surface area contributed by atoms with Crippen molar-refractivity contribution in [1.82, 2.24) is 4.90 Å². The molecule has 2 heterocycles. The van der Waals surface area contributed by atoms with Crippen molar-refractivity contribution < 1.29 is 23.9 Å². The molecule has 0 unspecified atom stereocenters. The molecular weight excluding hydrogens is 389 g/mol. The molecule has 2 aliphatic rings. The van der Waals surface area contributed by atoms with Crippen molar-refractivity contribution in [3.8, 4) is 5.75 Å². The number of halogens is 1. The number of ether oxygens (including phenoxy) is 1. The maximum absolute atomic E-state index is 11.7. The molecule has 3 rings (SSSR count). The average Bonchev–Trinajstić information content (AvgIpc) is 2.75. The molecule has 1 N–H and O–H groups in total. The van der Waals surface area contributed by atoms with E-state index in [0.717, 1.165) is 21.2 Å². The van der Waals surface area contributed by atoms with Crippen LogP contribution in [-0.4, -0.2) is 47.5 Å². The molecule has 8 heteroatoms. The summed E-state index contributed by atoms with van der Waals surface area (Å²) < 4.78 is 19.0. The van der Waals surface area contributed by atoms with E-state index < -0.39 is 30.5 Å². The molecule has 0 bridgehead atoms. The highest BCUT2D eigenvalue weighted by atomic mass is 79.9. The predicted molar refractivity (Wildman–Crippen MR) is 98.5 cm³/mol. The minimum absolute atomic E-state index is 0.216. The lowest BCUT2D eigenvalue weighted by Gasteiger charge is -2.35. The SMILES string of the molecule is CC1(C)COc2ccc(Br)c3c2B(O[C@@H]3CN(C(=O)O)C(C)(C)C)O1. The van der Waals surface area contributed by atoms with Crippen molar-refractivity contribution in [2.75, 3.05) is 13.2 Å². The lowest BCUT2D eigenvalue weighted by Crippen LogP contribution is -2.47. The van der Waals surface area contributed by atoms with Crippen LogP contribution in [0, 0.1) is 0 Å². The van der Waals surface area contributed by atoms with Gasteiger partial charge in [0, 0.05) is 15.5 Å². The summed E-state index contributed by atoms with van der Waals surface area (Å²) in [5.74, 6) is 0.730. The Morgan fingerprint density at radius 2 is 2.12 bits per heavy atom. The Morgan fingerprint density at radius 1 is 1.44 bits per heavy atom. The van der Waals surface area contributed by atoms with E-state index in [1.165, 1.54) is 4.90 Å². The predicted octanol–water partition coefficient (Wildman–Crippen LogP) is 3.18. The van der Waals surface area contributed by atoms with Gasteiger partial charge in [-0.1, -0.05) is 15.9 Å². The zero-order chi connectivity index (χ0) is 18.6. The van der Waals surface area contributed by atoms with Crippen LogP contribution in [0.2, 0.25) is 0 Å². The Bertz CT molecular complexity index is 703. The van der Waals surface area contributed by atoms with Crippen molar-refractivity contribution in [3.05, 3.63) is 22.2 Å². The second-order valence-corrected chi connectivity index (χ2v) is 8.91. The minimum Gasteiger partial charge on any atom is -0.491 e. The van der Waals surface area contributed by atoms with Crippen molar-refractivity contribution in [2.45, 2.75) is 51.9 Å². The molecule has 0 aromatic heterocycles. The molecule has 6 nitrogen and oxygen atoms in total. The highest BCUT2D eigenvalue weighted by Gasteiger charge is 2.47. The fourth-order valence-electron chi connectivity index (χ4n) is 3.17. The van der Waals surface area contributed by atoms with E-state index in [0.29, 0.717) is 6.61 Å². The third kappa shape index (κ3) is 3.52. The second-order valence-electron chi connectivity index (χ2n) is 8.06. The number of nitrogens with zero attached hydrogens (tertiary/aromatic N) is 1. The first-order chi connectivity index (χ1) is 11.5. The van der Waals surface area contributed by atoms with Gasteiger partial charge in [-0.05, 0) is 52.3 Å². The van der Waals surface area contributed by atoms with Gasteiger partial charge in [0.05, 0.1) is 18.2 Å². The van der Waals surface area contributed by atoms with Gasteiger partial charge in [0.2, 0.25) is 0 Å². The number of rotatable bonds is 2. The fraction of sp³-hybridized carbons (Fsp3) is 0.588. The average molecular weight is 412 g/mol. The van der Waals surface area contributed by atoms with Crippen LogP contribution in [0.1, 0.15) is 46.3 Å². The number of hydrogen-bond acceptors (Lipinski definition) is 4. The van der Waals surface area contributed by atoms with E-state index in [2.05, 4.69) is 15.9 Å². The Morgan fingerprint density at radius 3 is 2.72 bits per heavy atom. The van der Waals surface area contributed by atoms with E-state index in [1.54, 1.807) is 0 Å². The molecule has 0 fully saturated rings. The third-order valence-electron chi connectivity index (χ3n) is 4.43. The fourth-order valence-corrected chi connectivity index (χ4v) is 3.77. The van der Waals surface area contributed by atoms with Gasteiger partial charge < -0.3 is 24.1 Å². The van der Waals surface area contributed by atoms with Gasteiger partial charge in [-0.15, -0.1) is 0 Å². The summed E-state index contributed by atoms with van der Waals surface area (Å²) in [6, 6.07) is 3.80. The Kier molecular flexibility index (Phi) is 4.58. The van der Waals surface area contributed by atoms with E-state index >= 15 is 0 Å². The summed E-state index contributed by atoms with van der Waals surface area (Å²) in [4.78, 5) is 13.1. The van der Waals surface area contributed by atoms with Crippen molar-refractivity contribution >= 4 is 34.6 Å². The van der Waals surface area contributed by atoms with Crippen LogP contribution in [0.15, 0.2) is 16.6 Å². The summed E-state index contributed by atoms with van der Waals surface area (Å²) in [6.07, 6.45) is -1.40. The van der Waals surface area contributed by atoms with Crippen molar-refractivity contribution in [2.24, 2.45) is 0 Å². The molecule has 0 spiro atoms. The monoisotopic (exact) mass is 411 g/mol. The maximum Gasteiger partial charge on any atom is 0.499 e. The topological polar surface area (TPSA) is 68.2 Å². The summed E-state index contributed by atoms with van der Waals surface area (Å²) >= 11 is 3.58. The molecule has 0 radical (unpaired) electrons. The van der Waals surface area contributed by atoms with Crippen LogP contribution in [0.25, 0.3) is 0 Å². The van der Waals surface area contributed by atoms with Gasteiger partial charge >= 0.3 is 13.2 Å². The van der Waals surface area contributed by atoms with Crippen LogP contribution < -0.4 is 10.2 Å². The molecule has 1 aromatic carbocycles. The Hall–Kier alpha value is -1.25. The summed E-state index contributed by atoms with van der Waals surface area (Å²) in [5.41, 5.74) is 0.712. The van der Waals surface area contributed by atoms with Crippen LogP contribution in [0.3, 0.4) is 0 Å². The third-order valence-corrected chi connectivity index (χ3v) is 5.12. The van der Waals surface area contributed by atoms with Gasteiger partial charge in [0.1, 0.15) is 12.4 Å². The van der Waals surface area contributed by atoms with E-state index in [9.17, 15) is 9.90 Å². The van der Waals surface area contributed by atoms with Gasteiger partial charge in [0.15, 0.2) is 0 Å². The number of amides is 1. The van der Waals surface area contributed by atoms with Crippen LogP contribution in [-0.2, 0) is 9.31 Å². The first-order valence-electron chi connectivity index (χ1n) is 8.28. The Balaban J connectivity index is 2.00. The van der Waals surface area contributed by atoms with Gasteiger partial charge in [-0.3, -0.25) is 0 Å². The highest BCUT2D eigenvalue weighted by Crippen LogP contribution is 2.38. The first-order valence-corrected chi connectivity index (χ1v) is 9.08. The highest BCUT2D eigenvalue weighted by molar-refractivity contribution is 9.10. The molecule has 2 aliphatic heterocycles. The van der Waals surface area contributed by atoms with Crippen LogP contribution in [0.4, 0.5) is 4.79 Å². The quantitative estimate of drug-likeness (QED) is 0.757. The van der Waals surface area contributed by atoms with E-state index in [-0.39, 0.29) is 6.54 Å². The Labute approximate surface area is 156 Å². The van der Waals surface area contributed by atoms with E-state index in [4.69, 9.17) is 14.0 Å². The number of carbonyl (C=O) groups is 1. The summed E-state index contributed by atoms with van der Waals surface area (Å²) in [5, 5.41) is 9.61. The molecule has 25 heavy (non-hydrogen) atoms. The molecule has 0 saturated carbocycles. The lowest BCUT2D eigenvalue weighted by molar-refractivity contribution is 0.0157. The maximum atomic E-state index is 11.7. The number of carboxylic acid groups (broad SMARTS) is 1. The molecule has 0 saturated heterocycles. The molecule has 1 amide bonds. The normalized spacial score (nSPS) is 21.4. The lowest BCUT2D eigenvalue weighted by atomic mass is 9.77. The zero-order valence-electron chi connectivity index (χ0n) is 15.1. The summed E-state index contributed by atoms with van der Waals surface area (Å²) in [6.45, 7) is 10.1. The minimum atomic E-state index is -0.974.